The predicted molar refractivity (Wildman–Crippen MR) is 90.9 cm³/mol. The Labute approximate surface area is 140 Å². The maximum atomic E-state index is 12.2. The van der Waals surface area contributed by atoms with Crippen LogP contribution in [0, 0.1) is 5.41 Å². The van der Waals surface area contributed by atoms with Crippen LogP contribution in [-0.2, 0) is 4.79 Å². The molecule has 0 radical (unpaired) electrons. The molecule has 0 heterocycles. The van der Waals surface area contributed by atoms with Crippen molar-refractivity contribution in [2.24, 2.45) is 11.1 Å². The first-order chi connectivity index (χ1) is 9.54. The van der Waals surface area contributed by atoms with Gasteiger partial charge < -0.3 is 16.2 Å². The molecule has 1 aromatic carbocycles. The Kier molecular flexibility index (Phi) is 6.97. The predicted octanol–water partition coefficient (Wildman–Crippen LogP) is 3.81. The summed E-state index contributed by atoms with van der Waals surface area (Å²) in [5.41, 5.74) is 6.27. The zero-order valence-corrected chi connectivity index (χ0v) is 14.3. The fourth-order valence-electron chi connectivity index (χ4n) is 2.90. The van der Waals surface area contributed by atoms with Gasteiger partial charge in [-0.25, -0.2) is 0 Å². The Balaban J connectivity index is 0.00000220. The average Bonchev–Trinajstić information content (AvgIpc) is 2.44. The molecule has 1 saturated carbocycles. The molecule has 0 aliphatic heterocycles. The molecule has 1 amide bonds. The van der Waals surface area contributed by atoms with Crippen molar-refractivity contribution in [2.75, 3.05) is 11.9 Å². The summed E-state index contributed by atoms with van der Waals surface area (Å²) in [5, 5.41) is 12.5. The molecule has 1 aliphatic rings. The molecule has 1 aliphatic carbocycles. The second-order valence-corrected chi connectivity index (χ2v) is 6.57. The van der Waals surface area contributed by atoms with Crippen LogP contribution in [0.3, 0.4) is 0 Å². The first-order valence-electron chi connectivity index (χ1n) is 7.03. The van der Waals surface area contributed by atoms with E-state index in [9.17, 15) is 9.90 Å². The molecule has 0 atom stereocenters. The third-order valence-electron chi connectivity index (χ3n) is 4.12. The maximum absolute atomic E-state index is 12.2. The van der Waals surface area contributed by atoms with Gasteiger partial charge in [0.25, 0.3) is 0 Å². The second kappa shape index (κ2) is 8.01. The average molecular weight is 378 g/mol. The Morgan fingerprint density at radius 2 is 2.00 bits per heavy atom. The number of carbonyl (C=O) groups excluding carboxylic acids is 1. The van der Waals surface area contributed by atoms with Gasteiger partial charge in [-0.05, 0) is 43.0 Å². The normalized spacial score (nSPS) is 16.9. The maximum Gasteiger partial charge on any atom is 0.225 e. The lowest BCUT2D eigenvalue weighted by atomic mass is 9.71. The number of phenols is 1. The standard InChI is InChI=1S/C15H21BrN2O2.ClH/c16-11-4-5-13(19)12(8-11)18-14(20)9-15(10-17)6-2-1-3-7-15;/h4-5,8,19H,1-3,6-7,9-10,17H2,(H,18,20);1H. The van der Waals surface area contributed by atoms with Crippen LogP contribution in [0.2, 0.25) is 0 Å². The van der Waals surface area contributed by atoms with E-state index >= 15 is 0 Å². The number of nitrogens with two attached hydrogens (primary N) is 1. The SMILES string of the molecule is Cl.NCC1(CC(=O)Nc2cc(Br)ccc2O)CCCCC1. The van der Waals surface area contributed by atoms with Gasteiger partial charge in [-0.1, -0.05) is 35.2 Å². The molecule has 2 rings (SSSR count). The molecule has 0 unspecified atom stereocenters. The lowest BCUT2D eigenvalue weighted by molar-refractivity contribution is -0.118. The van der Waals surface area contributed by atoms with Gasteiger partial charge in [-0.3, -0.25) is 4.79 Å². The van der Waals surface area contributed by atoms with Crippen LogP contribution in [0.15, 0.2) is 22.7 Å². The van der Waals surface area contributed by atoms with E-state index in [0.717, 1.165) is 30.2 Å². The van der Waals surface area contributed by atoms with Gasteiger partial charge in [0.1, 0.15) is 5.75 Å². The number of benzene rings is 1. The molecule has 0 saturated heterocycles. The second-order valence-electron chi connectivity index (χ2n) is 5.65. The molecule has 1 fully saturated rings. The molecular formula is C15H22BrClN2O2. The highest BCUT2D eigenvalue weighted by atomic mass is 79.9. The lowest BCUT2D eigenvalue weighted by Crippen LogP contribution is -2.36. The minimum absolute atomic E-state index is 0. The summed E-state index contributed by atoms with van der Waals surface area (Å²) in [6.45, 7) is 0.547. The van der Waals surface area contributed by atoms with Crippen LogP contribution >= 0.6 is 28.3 Å². The number of carbonyl (C=O) groups is 1. The number of amides is 1. The Hall–Kier alpha value is -0.780. The van der Waals surface area contributed by atoms with Crippen LogP contribution in [0.4, 0.5) is 5.69 Å². The summed E-state index contributed by atoms with van der Waals surface area (Å²) in [7, 11) is 0. The highest BCUT2D eigenvalue weighted by molar-refractivity contribution is 9.10. The molecule has 0 aromatic heterocycles. The monoisotopic (exact) mass is 376 g/mol. The molecule has 6 heteroatoms. The minimum atomic E-state index is -0.0780. The molecule has 4 N–H and O–H groups in total. The fraction of sp³-hybridized carbons (Fsp3) is 0.533. The van der Waals surface area contributed by atoms with E-state index in [1.165, 1.54) is 6.42 Å². The third kappa shape index (κ3) is 4.87. The zero-order chi connectivity index (χ0) is 14.6. The van der Waals surface area contributed by atoms with E-state index in [2.05, 4.69) is 21.2 Å². The van der Waals surface area contributed by atoms with Crippen molar-refractivity contribution in [3.8, 4) is 5.75 Å². The van der Waals surface area contributed by atoms with Gasteiger partial charge in [-0.2, -0.15) is 0 Å². The Morgan fingerprint density at radius 1 is 1.33 bits per heavy atom. The third-order valence-corrected chi connectivity index (χ3v) is 4.61. The molecule has 0 bridgehead atoms. The first-order valence-corrected chi connectivity index (χ1v) is 7.82. The van der Waals surface area contributed by atoms with Crippen molar-refractivity contribution in [3.05, 3.63) is 22.7 Å². The zero-order valence-electron chi connectivity index (χ0n) is 11.9. The fourth-order valence-corrected chi connectivity index (χ4v) is 3.26. The molecule has 21 heavy (non-hydrogen) atoms. The van der Waals surface area contributed by atoms with Crippen molar-refractivity contribution >= 4 is 39.9 Å². The van der Waals surface area contributed by atoms with Gasteiger partial charge in [0.05, 0.1) is 5.69 Å². The van der Waals surface area contributed by atoms with Gasteiger partial charge >= 0.3 is 0 Å². The number of phenolic OH excluding ortho intramolecular Hbond substituents is 1. The highest BCUT2D eigenvalue weighted by Crippen LogP contribution is 2.39. The van der Waals surface area contributed by atoms with Crippen molar-refractivity contribution in [1.82, 2.24) is 0 Å². The van der Waals surface area contributed by atoms with Gasteiger partial charge in [0.2, 0.25) is 5.91 Å². The Morgan fingerprint density at radius 3 is 2.62 bits per heavy atom. The topological polar surface area (TPSA) is 75.4 Å². The number of halogens is 2. The van der Waals surface area contributed by atoms with Crippen LogP contribution in [0.5, 0.6) is 5.75 Å². The summed E-state index contributed by atoms with van der Waals surface area (Å²) in [4.78, 5) is 12.2. The van der Waals surface area contributed by atoms with E-state index in [0.29, 0.717) is 18.7 Å². The number of anilines is 1. The number of hydrogen-bond acceptors (Lipinski definition) is 3. The first kappa shape index (κ1) is 18.3. The van der Waals surface area contributed by atoms with Crippen molar-refractivity contribution in [3.63, 3.8) is 0 Å². The van der Waals surface area contributed by atoms with E-state index in [1.807, 2.05) is 0 Å². The summed E-state index contributed by atoms with van der Waals surface area (Å²) in [6, 6.07) is 4.98. The summed E-state index contributed by atoms with van der Waals surface area (Å²) < 4.78 is 0.816. The van der Waals surface area contributed by atoms with Crippen LogP contribution < -0.4 is 11.1 Å². The van der Waals surface area contributed by atoms with E-state index in [1.54, 1.807) is 18.2 Å². The molecule has 0 spiro atoms. The number of rotatable bonds is 4. The van der Waals surface area contributed by atoms with Crippen molar-refractivity contribution in [1.29, 1.82) is 0 Å². The van der Waals surface area contributed by atoms with Crippen LogP contribution in [0.1, 0.15) is 38.5 Å². The summed E-state index contributed by atoms with van der Waals surface area (Å²) in [6.07, 6.45) is 5.98. The number of nitrogens with one attached hydrogen (secondary N) is 1. The molecule has 1 aromatic rings. The van der Waals surface area contributed by atoms with E-state index in [-0.39, 0.29) is 29.5 Å². The molecule has 4 nitrogen and oxygen atoms in total. The summed E-state index contributed by atoms with van der Waals surface area (Å²) >= 11 is 3.33. The van der Waals surface area contributed by atoms with Crippen molar-refractivity contribution < 1.29 is 9.90 Å². The van der Waals surface area contributed by atoms with Gasteiger partial charge in [0.15, 0.2) is 0 Å². The Bertz CT molecular complexity index is 491. The lowest BCUT2D eigenvalue weighted by Gasteiger charge is -2.35. The van der Waals surface area contributed by atoms with E-state index < -0.39 is 0 Å². The molecular weight excluding hydrogens is 356 g/mol. The van der Waals surface area contributed by atoms with Gasteiger partial charge in [0, 0.05) is 10.9 Å². The number of aromatic hydroxyl groups is 1. The van der Waals surface area contributed by atoms with Crippen LogP contribution in [-0.4, -0.2) is 17.6 Å². The quantitative estimate of drug-likeness (QED) is 0.698. The highest BCUT2D eigenvalue weighted by Gasteiger charge is 2.33. The van der Waals surface area contributed by atoms with E-state index in [4.69, 9.17) is 5.73 Å². The smallest absolute Gasteiger partial charge is 0.225 e. The largest absolute Gasteiger partial charge is 0.506 e. The van der Waals surface area contributed by atoms with Gasteiger partial charge in [-0.15, -0.1) is 12.4 Å². The van der Waals surface area contributed by atoms with Crippen molar-refractivity contribution in [2.45, 2.75) is 38.5 Å². The van der Waals surface area contributed by atoms with Crippen LogP contribution in [0.25, 0.3) is 0 Å². The number of hydrogen-bond donors (Lipinski definition) is 3. The molecule has 118 valence electrons. The summed E-state index contributed by atoms with van der Waals surface area (Å²) in [5.74, 6) is -0.00209. The minimum Gasteiger partial charge on any atom is -0.506 e.